The fourth-order valence-electron chi connectivity index (χ4n) is 2.68. The molecular weight excluding hydrogens is 326 g/mol. The number of carbonyl (C=O) groups is 2. The first-order valence-corrected chi connectivity index (χ1v) is 9.20. The van der Waals surface area contributed by atoms with Crippen LogP contribution in [0.3, 0.4) is 0 Å². The van der Waals surface area contributed by atoms with Crippen molar-refractivity contribution in [2.45, 2.75) is 26.7 Å². The molecule has 0 fully saturated rings. The van der Waals surface area contributed by atoms with Gasteiger partial charge in [-0.05, 0) is 31.0 Å². The third-order valence-electron chi connectivity index (χ3n) is 3.88. The molecule has 1 aromatic carbocycles. The molecule has 1 rings (SSSR count). The zero-order valence-electron chi connectivity index (χ0n) is 16.0. The first kappa shape index (κ1) is 21.5. The van der Waals surface area contributed by atoms with E-state index in [0.29, 0.717) is 18.7 Å². The lowest BCUT2D eigenvalue weighted by Crippen LogP contribution is -2.35. The molecule has 0 spiro atoms. The summed E-state index contributed by atoms with van der Waals surface area (Å²) < 4.78 is 0. The van der Waals surface area contributed by atoms with E-state index < -0.39 is 0 Å². The monoisotopic (exact) mass is 357 g/mol. The van der Waals surface area contributed by atoms with Gasteiger partial charge in [-0.15, -0.1) is 13.2 Å². The molecule has 0 aliphatic carbocycles. The van der Waals surface area contributed by atoms with Crippen molar-refractivity contribution in [1.29, 1.82) is 0 Å². The van der Waals surface area contributed by atoms with Crippen LogP contribution in [0.5, 0.6) is 0 Å². The minimum absolute atomic E-state index is 0.0311. The van der Waals surface area contributed by atoms with Crippen molar-refractivity contribution in [1.82, 2.24) is 9.80 Å². The van der Waals surface area contributed by atoms with Gasteiger partial charge < -0.3 is 15.1 Å². The predicted molar refractivity (Wildman–Crippen MR) is 108 cm³/mol. The topological polar surface area (TPSA) is 52.7 Å². The van der Waals surface area contributed by atoms with E-state index in [4.69, 9.17) is 0 Å². The number of carbonyl (C=O) groups excluding carboxylic acids is 2. The van der Waals surface area contributed by atoms with E-state index in [2.05, 4.69) is 32.3 Å². The van der Waals surface area contributed by atoms with Crippen molar-refractivity contribution in [2.24, 2.45) is 0 Å². The number of nitrogens with one attached hydrogen (secondary N) is 1. The summed E-state index contributed by atoms with van der Waals surface area (Å²) in [6.45, 7) is 14.1. The SMILES string of the molecule is C=CCN(CC=C)C(=O)CNc1cccc(C(=O)N(CCC)CCC)c1. The van der Waals surface area contributed by atoms with Gasteiger partial charge in [0.2, 0.25) is 5.91 Å². The van der Waals surface area contributed by atoms with Crippen molar-refractivity contribution >= 4 is 17.5 Å². The summed E-state index contributed by atoms with van der Waals surface area (Å²) in [7, 11) is 0. The molecule has 1 N–H and O–H groups in total. The number of nitrogens with zero attached hydrogens (tertiary/aromatic N) is 2. The van der Waals surface area contributed by atoms with Crippen LogP contribution in [0.2, 0.25) is 0 Å². The zero-order valence-corrected chi connectivity index (χ0v) is 16.0. The average Bonchev–Trinajstić information content (AvgIpc) is 2.65. The number of amides is 2. The maximum absolute atomic E-state index is 12.7. The second-order valence-corrected chi connectivity index (χ2v) is 6.10. The van der Waals surface area contributed by atoms with Crippen LogP contribution in [0.15, 0.2) is 49.6 Å². The van der Waals surface area contributed by atoms with E-state index in [9.17, 15) is 9.59 Å². The Hall–Kier alpha value is -2.56. The normalized spacial score (nSPS) is 10.1. The fourth-order valence-corrected chi connectivity index (χ4v) is 2.68. The highest BCUT2D eigenvalue weighted by atomic mass is 16.2. The molecule has 0 radical (unpaired) electrons. The van der Waals surface area contributed by atoms with Gasteiger partial charge in [0.15, 0.2) is 0 Å². The van der Waals surface area contributed by atoms with E-state index in [-0.39, 0.29) is 18.4 Å². The first-order chi connectivity index (χ1) is 12.6. The number of hydrogen-bond acceptors (Lipinski definition) is 3. The van der Waals surface area contributed by atoms with Crippen LogP contribution in [0, 0.1) is 0 Å². The van der Waals surface area contributed by atoms with Gasteiger partial charge in [-0.3, -0.25) is 9.59 Å². The smallest absolute Gasteiger partial charge is 0.253 e. The van der Waals surface area contributed by atoms with Crippen molar-refractivity contribution in [3.63, 3.8) is 0 Å². The molecule has 26 heavy (non-hydrogen) atoms. The molecule has 1 aromatic rings. The maximum Gasteiger partial charge on any atom is 0.253 e. The molecule has 0 aliphatic heterocycles. The van der Waals surface area contributed by atoms with Gasteiger partial charge in [0.25, 0.3) is 5.91 Å². The van der Waals surface area contributed by atoms with Crippen molar-refractivity contribution in [3.05, 3.63) is 55.1 Å². The third-order valence-corrected chi connectivity index (χ3v) is 3.88. The lowest BCUT2D eigenvalue weighted by molar-refractivity contribution is -0.128. The van der Waals surface area contributed by atoms with E-state index >= 15 is 0 Å². The number of rotatable bonds is 12. The quantitative estimate of drug-likeness (QED) is 0.582. The van der Waals surface area contributed by atoms with Crippen LogP contribution in [0.4, 0.5) is 5.69 Å². The Morgan fingerprint density at radius 1 is 1.04 bits per heavy atom. The van der Waals surface area contributed by atoms with Crippen LogP contribution in [-0.2, 0) is 4.79 Å². The minimum Gasteiger partial charge on any atom is -0.376 e. The Morgan fingerprint density at radius 3 is 2.19 bits per heavy atom. The summed E-state index contributed by atoms with van der Waals surface area (Å²) in [4.78, 5) is 28.5. The van der Waals surface area contributed by atoms with Crippen molar-refractivity contribution in [3.8, 4) is 0 Å². The van der Waals surface area contributed by atoms with Crippen LogP contribution >= 0.6 is 0 Å². The second-order valence-electron chi connectivity index (χ2n) is 6.10. The highest BCUT2D eigenvalue weighted by Gasteiger charge is 2.15. The van der Waals surface area contributed by atoms with Crippen LogP contribution in [0.25, 0.3) is 0 Å². The Bertz CT molecular complexity index is 597. The largest absolute Gasteiger partial charge is 0.376 e. The third kappa shape index (κ3) is 6.75. The Morgan fingerprint density at radius 2 is 1.65 bits per heavy atom. The van der Waals surface area contributed by atoms with E-state index in [1.54, 1.807) is 23.1 Å². The van der Waals surface area contributed by atoms with Gasteiger partial charge in [0.05, 0.1) is 6.54 Å². The molecule has 0 unspecified atom stereocenters. The van der Waals surface area contributed by atoms with Crippen LogP contribution in [-0.4, -0.2) is 54.3 Å². The predicted octanol–water partition coefficient (Wildman–Crippen LogP) is 3.56. The Labute approximate surface area is 157 Å². The van der Waals surface area contributed by atoms with E-state index in [0.717, 1.165) is 31.6 Å². The van der Waals surface area contributed by atoms with Gasteiger partial charge in [0, 0.05) is 37.4 Å². The number of benzene rings is 1. The molecule has 5 nitrogen and oxygen atoms in total. The molecule has 0 aromatic heterocycles. The molecular formula is C21H31N3O2. The molecule has 0 atom stereocenters. The van der Waals surface area contributed by atoms with E-state index in [1.807, 2.05) is 23.1 Å². The highest BCUT2D eigenvalue weighted by Crippen LogP contribution is 2.13. The summed E-state index contributed by atoms with van der Waals surface area (Å²) in [5, 5.41) is 3.11. The van der Waals surface area contributed by atoms with Crippen molar-refractivity contribution < 1.29 is 9.59 Å². The molecule has 0 heterocycles. The van der Waals surface area contributed by atoms with Gasteiger partial charge in [-0.1, -0.05) is 32.1 Å². The summed E-state index contributed by atoms with van der Waals surface area (Å²) in [6.07, 6.45) is 5.24. The van der Waals surface area contributed by atoms with Crippen molar-refractivity contribution in [2.75, 3.05) is 38.0 Å². The highest BCUT2D eigenvalue weighted by molar-refractivity contribution is 5.95. The number of anilines is 1. The molecule has 5 heteroatoms. The second kappa shape index (κ2) is 11.9. The Kier molecular flexibility index (Phi) is 9.83. The molecule has 0 saturated carbocycles. The molecule has 142 valence electrons. The number of hydrogen-bond donors (Lipinski definition) is 1. The van der Waals surface area contributed by atoms with Gasteiger partial charge >= 0.3 is 0 Å². The van der Waals surface area contributed by atoms with Gasteiger partial charge in [0.1, 0.15) is 0 Å². The lowest BCUT2D eigenvalue weighted by atomic mass is 10.1. The summed E-state index contributed by atoms with van der Waals surface area (Å²) in [5.41, 5.74) is 1.40. The summed E-state index contributed by atoms with van der Waals surface area (Å²) in [5.74, 6) is -0.0104. The van der Waals surface area contributed by atoms with Gasteiger partial charge in [-0.2, -0.15) is 0 Å². The zero-order chi connectivity index (χ0) is 19.4. The fraction of sp³-hybridized carbons (Fsp3) is 0.429. The summed E-state index contributed by atoms with van der Waals surface area (Å²) in [6, 6.07) is 7.31. The maximum atomic E-state index is 12.7. The lowest BCUT2D eigenvalue weighted by Gasteiger charge is -2.22. The molecule has 2 amide bonds. The summed E-state index contributed by atoms with van der Waals surface area (Å²) >= 11 is 0. The average molecular weight is 357 g/mol. The molecule has 0 saturated heterocycles. The standard InChI is InChI=1S/C21H31N3O2/c1-5-12-23(13-6-2)20(25)17-22-19-11-9-10-18(16-19)21(26)24(14-7-3)15-8-4/h5-6,9-11,16,22H,1-2,7-8,12-15,17H2,3-4H3. The molecule has 0 aliphatic rings. The first-order valence-electron chi connectivity index (χ1n) is 9.20. The van der Waals surface area contributed by atoms with Gasteiger partial charge in [-0.25, -0.2) is 0 Å². The van der Waals surface area contributed by atoms with Crippen LogP contribution in [0.1, 0.15) is 37.0 Å². The van der Waals surface area contributed by atoms with Crippen LogP contribution < -0.4 is 5.32 Å². The minimum atomic E-state index is -0.0416. The Balaban J connectivity index is 2.76. The van der Waals surface area contributed by atoms with E-state index in [1.165, 1.54) is 0 Å². The molecule has 0 bridgehead atoms.